The van der Waals surface area contributed by atoms with Crippen LogP contribution in [0, 0.1) is 0 Å². The maximum absolute atomic E-state index is 12.8. The summed E-state index contributed by atoms with van der Waals surface area (Å²) in [5.41, 5.74) is 0.562. The third kappa shape index (κ3) is 5.90. The zero-order valence-corrected chi connectivity index (χ0v) is 18.3. The zero-order chi connectivity index (χ0) is 21.3. The fraction of sp³-hybridized carbons (Fsp3) is 0.227. The monoisotopic (exact) mass is 440 g/mol. The summed E-state index contributed by atoms with van der Waals surface area (Å²) in [4.78, 5) is 13.9. The predicted molar refractivity (Wildman–Crippen MR) is 123 cm³/mol. The van der Waals surface area contributed by atoms with E-state index in [9.17, 15) is 9.90 Å². The van der Waals surface area contributed by atoms with E-state index in [2.05, 4.69) is 34.2 Å². The number of phenolic OH excluding ortho intramolecular Hbond substituents is 1. The average molecular weight is 441 g/mol. The van der Waals surface area contributed by atoms with Crippen LogP contribution in [0.25, 0.3) is 0 Å². The molecule has 0 aliphatic rings. The summed E-state index contributed by atoms with van der Waals surface area (Å²) >= 11 is 3.08. The first-order valence-electron chi connectivity index (χ1n) is 9.58. The molecule has 0 radical (unpaired) electrons. The minimum Gasteiger partial charge on any atom is -0.508 e. The van der Waals surface area contributed by atoms with Gasteiger partial charge >= 0.3 is 0 Å². The van der Waals surface area contributed by atoms with Crippen LogP contribution >= 0.6 is 23.5 Å². The van der Waals surface area contributed by atoms with Crippen molar-refractivity contribution in [1.29, 1.82) is 0 Å². The molecule has 30 heavy (non-hydrogen) atoms. The lowest BCUT2D eigenvalue weighted by Gasteiger charge is -2.15. The molecule has 1 unspecified atom stereocenters. The van der Waals surface area contributed by atoms with Crippen LogP contribution in [0.4, 0.5) is 5.69 Å². The number of aromatic hydroxyl groups is 1. The summed E-state index contributed by atoms with van der Waals surface area (Å²) in [5.74, 6) is 1.49. The maximum atomic E-state index is 12.8. The standard InChI is InChI=1S/C22H24N4O2S2/c1-3-13-26-20(15-29-18-11-6-5-7-12-18)24-25-22(26)30-19(4-2)21(28)23-16-9-8-10-17(27)14-16/h3,5-12,14,19,27H,1,4,13,15H2,2H3,(H,23,28). The van der Waals surface area contributed by atoms with E-state index in [0.717, 1.165) is 10.7 Å². The van der Waals surface area contributed by atoms with Crippen LogP contribution in [-0.4, -0.2) is 31.0 Å². The molecular formula is C22H24N4O2S2. The van der Waals surface area contributed by atoms with Gasteiger partial charge in [0.2, 0.25) is 5.91 Å². The van der Waals surface area contributed by atoms with Gasteiger partial charge in [0.15, 0.2) is 5.16 Å². The third-order valence-electron chi connectivity index (χ3n) is 4.24. The molecule has 0 saturated heterocycles. The molecule has 1 amide bonds. The Kier molecular flexibility index (Phi) is 7.98. The minimum atomic E-state index is -0.338. The summed E-state index contributed by atoms with van der Waals surface area (Å²) in [6.07, 6.45) is 2.43. The molecule has 6 nitrogen and oxygen atoms in total. The van der Waals surface area contributed by atoms with Crippen molar-refractivity contribution in [2.24, 2.45) is 0 Å². The smallest absolute Gasteiger partial charge is 0.237 e. The van der Waals surface area contributed by atoms with E-state index in [0.29, 0.717) is 29.6 Å². The van der Waals surface area contributed by atoms with E-state index in [1.807, 2.05) is 29.7 Å². The molecule has 1 atom stereocenters. The van der Waals surface area contributed by atoms with E-state index in [1.165, 1.54) is 17.8 Å². The fourth-order valence-corrected chi connectivity index (χ4v) is 4.59. The minimum absolute atomic E-state index is 0.111. The molecule has 156 valence electrons. The third-order valence-corrected chi connectivity index (χ3v) is 6.59. The summed E-state index contributed by atoms with van der Waals surface area (Å²) < 4.78 is 2.00. The van der Waals surface area contributed by atoms with Crippen molar-refractivity contribution >= 4 is 35.1 Å². The molecule has 1 aromatic heterocycles. The van der Waals surface area contributed by atoms with Crippen molar-refractivity contribution in [2.45, 2.75) is 40.9 Å². The Bertz CT molecular complexity index is 992. The first-order chi connectivity index (χ1) is 14.6. The van der Waals surface area contributed by atoms with Gasteiger partial charge in [0.25, 0.3) is 0 Å². The Morgan fingerprint density at radius 2 is 2.03 bits per heavy atom. The van der Waals surface area contributed by atoms with Crippen molar-refractivity contribution in [3.05, 3.63) is 73.1 Å². The first-order valence-corrected chi connectivity index (χ1v) is 11.4. The number of benzene rings is 2. The Morgan fingerprint density at radius 1 is 1.23 bits per heavy atom. The molecule has 0 spiro atoms. The van der Waals surface area contributed by atoms with E-state index in [4.69, 9.17) is 0 Å². The van der Waals surface area contributed by atoms with Gasteiger partial charge in [0, 0.05) is 23.2 Å². The number of allylic oxidation sites excluding steroid dienone is 1. The number of amides is 1. The van der Waals surface area contributed by atoms with Crippen molar-refractivity contribution in [3.8, 4) is 5.75 Å². The van der Waals surface area contributed by atoms with E-state index >= 15 is 0 Å². The zero-order valence-electron chi connectivity index (χ0n) is 16.7. The second-order valence-electron chi connectivity index (χ2n) is 6.45. The van der Waals surface area contributed by atoms with Crippen LogP contribution in [0.2, 0.25) is 0 Å². The Labute approximate surface area is 184 Å². The molecule has 8 heteroatoms. The van der Waals surface area contributed by atoms with Gasteiger partial charge in [-0.15, -0.1) is 28.5 Å². The second-order valence-corrected chi connectivity index (χ2v) is 8.67. The number of aromatic nitrogens is 3. The van der Waals surface area contributed by atoms with Crippen LogP contribution in [0.1, 0.15) is 19.2 Å². The van der Waals surface area contributed by atoms with Crippen LogP contribution in [0.3, 0.4) is 0 Å². The van der Waals surface area contributed by atoms with Gasteiger partial charge in [0.05, 0.1) is 11.0 Å². The van der Waals surface area contributed by atoms with Crippen molar-refractivity contribution in [3.63, 3.8) is 0 Å². The molecule has 0 aliphatic heterocycles. The van der Waals surface area contributed by atoms with Crippen LogP contribution in [0.15, 0.2) is 77.3 Å². The molecule has 0 aliphatic carbocycles. The van der Waals surface area contributed by atoms with Crippen LogP contribution < -0.4 is 5.32 Å². The molecule has 3 rings (SSSR count). The molecule has 0 saturated carbocycles. The topological polar surface area (TPSA) is 80.0 Å². The Morgan fingerprint density at radius 3 is 2.73 bits per heavy atom. The number of hydrogen-bond donors (Lipinski definition) is 2. The highest BCUT2D eigenvalue weighted by molar-refractivity contribution is 8.00. The van der Waals surface area contributed by atoms with Crippen LogP contribution in [0.5, 0.6) is 5.75 Å². The van der Waals surface area contributed by atoms with Gasteiger partial charge in [-0.05, 0) is 30.7 Å². The van der Waals surface area contributed by atoms with E-state index in [1.54, 1.807) is 36.0 Å². The van der Waals surface area contributed by atoms with Crippen LogP contribution in [-0.2, 0) is 17.1 Å². The molecule has 0 fully saturated rings. The van der Waals surface area contributed by atoms with Gasteiger partial charge in [-0.3, -0.25) is 4.79 Å². The molecule has 3 aromatic rings. The van der Waals surface area contributed by atoms with Gasteiger partial charge < -0.3 is 15.0 Å². The average Bonchev–Trinajstić information content (AvgIpc) is 3.12. The maximum Gasteiger partial charge on any atom is 0.237 e. The summed E-state index contributed by atoms with van der Waals surface area (Å²) in [6.45, 7) is 6.37. The number of thioether (sulfide) groups is 2. The van der Waals surface area contributed by atoms with Crippen molar-refractivity contribution in [2.75, 3.05) is 5.32 Å². The number of rotatable bonds is 10. The number of carbonyl (C=O) groups excluding carboxylic acids is 1. The highest BCUT2D eigenvalue weighted by Gasteiger charge is 2.22. The Balaban J connectivity index is 1.71. The lowest BCUT2D eigenvalue weighted by Crippen LogP contribution is -2.25. The second kappa shape index (κ2) is 10.9. The largest absolute Gasteiger partial charge is 0.508 e. The lowest BCUT2D eigenvalue weighted by molar-refractivity contribution is -0.115. The fourth-order valence-electron chi connectivity index (χ4n) is 2.75. The highest BCUT2D eigenvalue weighted by atomic mass is 32.2. The van der Waals surface area contributed by atoms with Gasteiger partial charge in [-0.1, -0.05) is 49.0 Å². The number of hydrogen-bond acceptors (Lipinski definition) is 6. The quantitative estimate of drug-likeness (QED) is 0.342. The number of nitrogens with zero attached hydrogens (tertiary/aromatic N) is 3. The highest BCUT2D eigenvalue weighted by Crippen LogP contribution is 2.28. The molecule has 2 N–H and O–H groups in total. The van der Waals surface area contributed by atoms with E-state index in [-0.39, 0.29) is 16.9 Å². The number of phenols is 1. The van der Waals surface area contributed by atoms with Gasteiger partial charge in [-0.25, -0.2) is 0 Å². The van der Waals surface area contributed by atoms with Gasteiger partial charge in [-0.2, -0.15) is 0 Å². The molecule has 0 bridgehead atoms. The normalized spacial score (nSPS) is 11.8. The first kappa shape index (κ1) is 22.0. The SMILES string of the molecule is C=CCn1c(CSc2ccccc2)nnc1SC(CC)C(=O)Nc1cccc(O)c1. The molecule has 1 heterocycles. The summed E-state index contributed by atoms with van der Waals surface area (Å²) in [6, 6.07) is 16.7. The number of nitrogens with one attached hydrogen (secondary N) is 1. The Hall–Kier alpha value is -2.71. The van der Waals surface area contributed by atoms with Crippen molar-refractivity contribution < 1.29 is 9.90 Å². The lowest BCUT2D eigenvalue weighted by atomic mass is 10.2. The van der Waals surface area contributed by atoms with Crippen molar-refractivity contribution in [1.82, 2.24) is 14.8 Å². The molecule has 2 aromatic carbocycles. The number of carbonyl (C=O) groups is 1. The van der Waals surface area contributed by atoms with Gasteiger partial charge in [0.1, 0.15) is 11.6 Å². The predicted octanol–water partition coefficient (Wildman–Crippen LogP) is 4.97. The van der Waals surface area contributed by atoms with E-state index < -0.39 is 0 Å². The number of anilines is 1. The summed E-state index contributed by atoms with van der Waals surface area (Å²) in [7, 11) is 0. The summed E-state index contributed by atoms with van der Waals surface area (Å²) in [5, 5.41) is 21.5. The molecular weight excluding hydrogens is 416 g/mol.